The van der Waals surface area contributed by atoms with Crippen molar-refractivity contribution < 1.29 is 22.7 Å². The number of anilines is 1. The zero-order valence-electron chi connectivity index (χ0n) is 13.1. The Hall–Kier alpha value is -2.03. The van der Waals surface area contributed by atoms with E-state index in [-0.39, 0.29) is 4.47 Å². The van der Waals surface area contributed by atoms with Crippen LogP contribution in [0.2, 0.25) is 0 Å². The molecule has 9 heteroatoms. The number of alkyl halides is 3. The fourth-order valence-corrected chi connectivity index (χ4v) is 2.32. The molecule has 0 unspecified atom stereocenters. The van der Waals surface area contributed by atoms with Gasteiger partial charge in [-0.2, -0.15) is 18.3 Å². The molecular formula is C15H15BrF3N3O2. The smallest absolute Gasteiger partial charge is 0.436 e. The van der Waals surface area contributed by atoms with Crippen molar-refractivity contribution in [1.29, 1.82) is 0 Å². The average molecular weight is 406 g/mol. The molecule has 0 saturated heterocycles. The highest BCUT2D eigenvalue weighted by molar-refractivity contribution is 9.10. The fraction of sp³-hybridized carbons (Fsp3) is 0.333. The second-order valence-corrected chi connectivity index (χ2v) is 6.80. The molecular weight excluding hydrogens is 391 g/mol. The number of carbonyl (C=O) groups is 1. The summed E-state index contributed by atoms with van der Waals surface area (Å²) in [6.45, 7) is 5.18. The summed E-state index contributed by atoms with van der Waals surface area (Å²) in [5.41, 5.74) is -0.939. The number of carbonyl (C=O) groups excluding carboxylic acids is 1. The number of halogens is 4. The number of nitrogens with one attached hydrogen (secondary N) is 1. The highest BCUT2D eigenvalue weighted by atomic mass is 79.9. The van der Waals surface area contributed by atoms with Crippen LogP contribution in [-0.2, 0) is 10.9 Å². The Morgan fingerprint density at radius 1 is 1.29 bits per heavy atom. The normalized spacial score (nSPS) is 12.1. The summed E-state index contributed by atoms with van der Waals surface area (Å²) in [5.74, 6) is 0. The van der Waals surface area contributed by atoms with E-state index in [1.807, 2.05) is 0 Å². The number of amides is 1. The molecule has 0 aliphatic heterocycles. The molecule has 1 N–H and O–H groups in total. The first-order chi connectivity index (χ1) is 11.0. The maximum Gasteiger partial charge on any atom is 0.436 e. The molecule has 0 atom stereocenters. The lowest BCUT2D eigenvalue weighted by Crippen LogP contribution is -2.27. The van der Waals surface area contributed by atoms with Crippen LogP contribution >= 0.6 is 15.9 Å². The maximum absolute atomic E-state index is 12.8. The molecule has 0 bridgehead atoms. The summed E-state index contributed by atoms with van der Waals surface area (Å²) in [6, 6.07) is 6.24. The zero-order chi connectivity index (χ0) is 18.1. The molecule has 0 saturated carbocycles. The summed E-state index contributed by atoms with van der Waals surface area (Å²) >= 11 is 2.85. The number of nitrogens with zero attached hydrogens (tertiary/aromatic N) is 2. The molecule has 0 radical (unpaired) electrons. The summed E-state index contributed by atoms with van der Waals surface area (Å²) in [7, 11) is 0. The molecule has 2 rings (SSSR count). The van der Waals surface area contributed by atoms with Crippen molar-refractivity contribution in [3.8, 4) is 5.69 Å². The average Bonchev–Trinajstić information content (AvgIpc) is 2.78. The molecule has 0 spiro atoms. The molecule has 0 fully saturated rings. The van der Waals surface area contributed by atoms with Crippen molar-refractivity contribution in [3.05, 3.63) is 40.6 Å². The highest BCUT2D eigenvalue weighted by Crippen LogP contribution is 2.34. The molecule has 2 aromatic rings. The van der Waals surface area contributed by atoms with E-state index >= 15 is 0 Å². The van der Waals surface area contributed by atoms with E-state index in [0.29, 0.717) is 11.4 Å². The third kappa shape index (κ3) is 4.73. The van der Waals surface area contributed by atoms with Crippen molar-refractivity contribution in [3.63, 3.8) is 0 Å². The molecule has 5 nitrogen and oxygen atoms in total. The van der Waals surface area contributed by atoms with Crippen molar-refractivity contribution >= 4 is 27.7 Å². The number of hydrogen-bond donors (Lipinski definition) is 1. The van der Waals surface area contributed by atoms with Gasteiger partial charge < -0.3 is 4.74 Å². The zero-order valence-corrected chi connectivity index (χ0v) is 14.7. The molecule has 1 amide bonds. The maximum atomic E-state index is 12.8. The van der Waals surface area contributed by atoms with Gasteiger partial charge in [0.2, 0.25) is 0 Å². The van der Waals surface area contributed by atoms with Crippen LogP contribution in [0.25, 0.3) is 5.69 Å². The monoisotopic (exact) mass is 405 g/mol. The Balaban J connectivity index is 2.24. The Morgan fingerprint density at radius 2 is 1.96 bits per heavy atom. The van der Waals surface area contributed by atoms with Crippen LogP contribution in [0.5, 0.6) is 0 Å². The molecule has 1 aromatic carbocycles. The van der Waals surface area contributed by atoms with Gasteiger partial charge in [0.1, 0.15) is 5.60 Å². The Kier molecular flexibility index (Phi) is 4.93. The lowest BCUT2D eigenvalue weighted by molar-refractivity contribution is -0.141. The highest BCUT2D eigenvalue weighted by Gasteiger charge is 2.36. The number of ether oxygens (including phenoxy) is 1. The standard InChI is InChI=1S/C15H15BrF3N3O2/c1-14(2,3)24-13(23)20-9-5-4-6-10(7-9)22-8-11(16)12(21-22)15(17,18)19/h4-8H,1-3H3,(H,20,23). The molecule has 1 aromatic heterocycles. The van der Waals surface area contributed by atoms with Crippen LogP contribution in [0.4, 0.5) is 23.7 Å². The second-order valence-electron chi connectivity index (χ2n) is 5.95. The Bertz CT molecular complexity index is 751. The van der Waals surface area contributed by atoms with Gasteiger partial charge in [-0.25, -0.2) is 9.48 Å². The topological polar surface area (TPSA) is 56.1 Å². The van der Waals surface area contributed by atoms with Gasteiger partial charge in [0.05, 0.1) is 10.2 Å². The minimum Gasteiger partial charge on any atom is -0.444 e. The first kappa shape index (κ1) is 18.3. The van der Waals surface area contributed by atoms with E-state index in [1.165, 1.54) is 12.3 Å². The third-order valence-corrected chi connectivity index (χ3v) is 3.27. The van der Waals surface area contributed by atoms with E-state index in [0.717, 1.165) is 4.68 Å². The van der Waals surface area contributed by atoms with Gasteiger partial charge in [0.15, 0.2) is 5.69 Å². The number of aromatic nitrogens is 2. The van der Waals surface area contributed by atoms with Crippen LogP contribution in [0.15, 0.2) is 34.9 Å². The lowest BCUT2D eigenvalue weighted by Gasteiger charge is -2.19. The Morgan fingerprint density at radius 3 is 2.50 bits per heavy atom. The SMILES string of the molecule is CC(C)(C)OC(=O)Nc1cccc(-n2cc(Br)c(C(F)(F)F)n2)c1. The van der Waals surface area contributed by atoms with Gasteiger partial charge in [-0.15, -0.1) is 0 Å². The van der Waals surface area contributed by atoms with Crippen LogP contribution < -0.4 is 5.32 Å². The van der Waals surface area contributed by atoms with Gasteiger partial charge >= 0.3 is 12.3 Å². The van der Waals surface area contributed by atoms with Gasteiger partial charge in [-0.05, 0) is 54.9 Å². The largest absolute Gasteiger partial charge is 0.444 e. The summed E-state index contributed by atoms with van der Waals surface area (Å²) in [4.78, 5) is 11.8. The van der Waals surface area contributed by atoms with Crippen molar-refractivity contribution in [1.82, 2.24) is 9.78 Å². The van der Waals surface area contributed by atoms with Crippen LogP contribution in [0.1, 0.15) is 26.5 Å². The number of benzene rings is 1. The predicted molar refractivity (Wildman–Crippen MR) is 86.1 cm³/mol. The van der Waals surface area contributed by atoms with E-state index < -0.39 is 23.6 Å². The Labute approximate surface area is 144 Å². The fourth-order valence-electron chi connectivity index (χ4n) is 1.82. The lowest BCUT2D eigenvalue weighted by atomic mass is 10.2. The molecule has 1 heterocycles. The van der Waals surface area contributed by atoms with Crippen LogP contribution in [0.3, 0.4) is 0 Å². The van der Waals surface area contributed by atoms with E-state index in [1.54, 1.807) is 39.0 Å². The molecule has 0 aliphatic carbocycles. The van der Waals surface area contributed by atoms with Gasteiger partial charge in [0.25, 0.3) is 0 Å². The van der Waals surface area contributed by atoms with Crippen molar-refractivity contribution in [2.45, 2.75) is 32.5 Å². The van der Waals surface area contributed by atoms with Crippen LogP contribution in [0, 0.1) is 0 Å². The first-order valence-corrected chi connectivity index (χ1v) is 7.68. The minimum atomic E-state index is -4.56. The van der Waals surface area contributed by atoms with Crippen LogP contribution in [-0.4, -0.2) is 21.5 Å². The summed E-state index contributed by atoms with van der Waals surface area (Å²) in [5, 5.41) is 6.06. The molecule has 130 valence electrons. The summed E-state index contributed by atoms with van der Waals surface area (Å²) in [6.07, 6.45) is -4.01. The molecule has 24 heavy (non-hydrogen) atoms. The van der Waals surface area contributed by atoms with Gasteiger partial charge in [-0.1, -0.05) is 6.07 Å². The molecule has 0 aliphatic rings. The van der Waals surface area contributed by atoms with E-state index in [2.05, 4.69) is 26.3 Å². The first-order valence-electron chi connectivity index (χ1n) is 6.88. The third-order valence-electron chi connectivity index (χ3n) is 2.69. The van der Waals surface area contributed by atoms with Gasteiger partial charge in [-0.3, -0.25) is 5.32 Å². The quantitative estimate of drug-likeness (QED) is 0.764. The number of hydrogen-bond acceptors (Lipinski definition) is 3. The van der Waals surface area contributed by atoms with Gasteiger partial charge in [0, 0.05) is 11.9 Å². The van der Waals surface area contributed by atoms with E-state index in [4.69, 9.17) is 4.74 Å². The predicted octanol–water partition coefficient (Wildman–Crippen LogP) is 5.00. The van der Waals surface area contributed by atoms with Crippen molar-refractivity contribution in [2.75, 3.05) is 5.32 Å². The second kappa shape index (κ2) is 6.46. The minimum absolute atomic E-state index is 0.166. The van der Waals surface area contributed by atoms with E-state index in [9.17, 15) is 18.0 Å². The van der Waals surface area contributed by atoms with Crippen molar-refractivity contribution in [2.24, 2.45) is 0 Å². The number of rotatable bonds is 2. The summed E-state index contributed by atoms with van der Waals surface area (Å²) < 4.78 is 44.5.